The molecule has 0 aliphatic carbocycles. The maximum absolute atomic E-state index is 12.3. The third-order valence-electron chi connectivity index (χ3n) is 3.41. The zero-order chi connectivity index (χ0) is 18.1. The third-order valence-corrected chi connectivity index (χ3v) is 3.90. The number of nitrogens with zero attached hydrogens (tertiary/aromatic N) is 1. The molecule has 2 rings (SSSR count). The SMILES string of the molecule is CCCCOc1ccc(/C=C(\C#N)C(=O)Nc2cccc(Br)c2)cc1. The van der Waals surface area contributed by atoms with Crippen LogP contribution >= 0.6 is 15.9 Å². The quantitative estimate of drug-likeness (QED) is 0.397. The van der Waals surface area contributed by atoms with Gasteiger partial charge in [0.05, 0.1) is 6.61 Å². The van der Waals surface area contributed by atoms with Gasteiger partial charge in [0.1, 0.15) is 17.4 Å². The second kappa shape index (κ2) is 9.65. The maximum Gasteiger partial charge on any atom is 0.266 e. The largest absolute Gasteiger partial charge is 0.494 e. The molecule has 0 aliphatic rings. The van der Waals surface area contributed by atoms with Gasteiger partial charge in [0.25, 0.3) is 5.91 Å². The first-order valence-electron chi connectivity index (χ1n) is 8.04. The van der Waals surface area contributed by atoms with Crippen molar-refractivity contribution in [3.8, 4) is 11.8 Å². The van der Waals surface area contributed by atoms with Crippen LogP contribution in [-0.2, 0) is 4.79 Å². The summed E-state index contributed by atoms with van der Waals surface area (Å²) < 4.78 is 6.45. The predicted molar refractivity (Wildman–Crippen MR) is 103 cm³/mol. The summed E-state index contributed by atoms with van der Waals surface area (Å²) in [6.45, 7) is 2.80. The highest BCUT2D eigenvalue weighted by Crippen LogP contribution is 2.18. The molecule has 0 heterocycles. The van der Waals surface area contributed by atoms with Crippen molar-refractivity contribution in [2.24, 2.45) is 0 Å². The van der Waals surface area contributed by atoms with E-state index in [4.69, 9.17) is 4.74 Å². The number of carbonyl (C=O) groups is 1. The lowest BCUT2D eigenvalue weighted by molar-refractivity contribution is -0.112. The van der Waals surface area contributed by atoms with Gasteiger partial charge >= 0.3 is 0 Å². The normalized spacial score (nSPS) is 10.8. The highest BCUT2D eigenvalue weighted by molar-refractivity contribution is 9.10. The first-order valence-corrected chi connectivity index (χ1v) is 8.83. The standard InChI is InChI=1S/C20H19BrN2O2/c1-2-3-11-25-19-9-7-15(8-10-19)12-16(14-22)20(24)23-18-6-4-5-17(21)13-18/h4-10,12-13H,2-3,11H2,1H3,(H,23,24)/b16-12+. The van der Waals surface area contributed by atoms with Crippen molar-refractivity contribution >= 4 is 33.6 Å². The lowest BCUT2D eigenvalue weighted by Crippen LogP contribution is -2.13. The van der Waals surface area contributed by atoms with E-state index in [9.17, 15) is 10.1 Å². The number of amides is 1. The Labute approximate surface area is 156 Å². The Bertz CT molecular complexity index is 792. The van der Waals surface area contributed by atoms with Gasteiger partial charge in [-0.15, -0.1) is 0 Å². The number of rotatable bonds is 7. The second-order valence-electron chi connectivity index (χ2n) is 5.41. The van der Waals surface area contributed by atoms with Gasteiger partial charge in [0.15, 0.2) is 0 Å². The maximum atomic E-state index is 12.3. The van der Waals surface area contributed by atoms with Crippen molar-refractivity contribution in [2.45, 2.75) is 19.8 Å². The monoisotopic (exact) mass is 398 g/mol. The molecule has 5 heteroatoms. The molecule has 128 valence electrons. The van der Waals surface area contributed by atoms with Crippen molar-refractivity contribution in [1.82, 2.24) is 0 Å². The number of ether oxygens (including phenoxy) is 1. The number of unbranched alkanes of at least 4 members (excludes halogenated alkanes) is 1. The summed E-state index contributed by atoms with van der Waals surface area (Å²) in [5.74, 6) is 0.339. The van der Waals surface area contributed by atoms with Crippen LogP contribution in [0.3, 0.4) is 0 Å². The van der Waals surface area contributed by atoms with Crippen LogP contribution in [0.2, 0.25) is 0 Å². The zero-order valence-electron chi connectivity index (χ0n) is 14.0. The van der Waals surface area contributed by atoms with Crippen LogP contribution in [0.4, 0.5) is 5.69 Å². The van der Waals surface area contributed by atoms with Crippen LogP contribution in [0.5, 0.6) is 5.75 Å². The summed E-state index contributed by atoms with van der Waals surface area (Å²) in [5, 5.41) is 12.0. The molecular weight excluding hydrogens is 380 g/mol. The van der Waals surface area contributed by atoms with Gasteiger partial charge in [0.2, 0.25) is 0 Å². The topological polar surface area (TPSA) is 62.1 Å². The summed E-state index contributed by atoms with van der Waals surface area (Å²) >= 11 is 3.35. The van der Waals surface area contributed by atoms with E-state index in [2.05, 4.69) is 28.2 Å². The molecule has 0 spiro atoms. The highest BCUT2D eigenvalue weighted by Gasteiger charge is 2.09. The predicted octanol–water partition coefficient (Wildman–Crippen LogP) is 5.17. The van der Waals surface area contributed by atoms with Gasteiger partial charge in [0, 0.05) is 10.2 Å². The van der Waals surface area contributed by atoms with Crippen molar-refractivity contribution in [1.29, 1.82) is 5.26 Å². The Kier molecular flexibility index (Phi) is 7.24. The van der Waals surface area contributed by atoms with Gasteiger partial charge in [-0.25, -0.2) is 0 Å². The minimum absolute atomic E-state index is 0.0413. The van der Waals surface area contributed by atoms with Gasteiger partial charge in [-0.2, -0.15) is 5.26 Å². The van der Waals surface area contributed by atoms with Crippen LogP contribution < -0.4 is 10.1 Å². The molecule has 0 unspecified atom stereocenters. The number of nitriles is 1. The average molecular weight is 399 g/mol. The fraction of sp³-hybridized carbons (Fsp3) is 0.200. The van der Waals surface area contributed by atoms with Gasteiger partial charge in [-0.3, -0.25) is 4.79 Å². The van der Waals surface area contributed by atoms with Crippen LogP contribution in [0, 0.1) is 11.3 Å². The molecule has 0 atom stereocenters. The van der Waals surface area contributed by atoms with Gasteiger partial charge < -0.3 is 10.1 Å². The van der Waals surface area contributed by atoms with E-state index in [1.165, 1.54) is 0 Å². The number of benzene rings is 2. The smallest absolute Gasteiger partial charge is 0.266 e. The minimum Gasteiger partial charge on any atom is -0.494 e. The van der Waals surface area contributed by atoms with Crippen molar-refractivity contribution in [3.05, 3.63) is 64.1 Å². The molecule has 0 aliphatic heterocycles. The molecule has 25 heavy (non-hydrogen) atoms. The first kappa shape index (κ1) is 18.8. The Balaban J connectivity index is 2.06. The Morgan fingerprint density at radius 1 is 1.28 bits per heavy atom. The van der Waals surface area contributed by atoms with Crippen LogP contribution in [0.15, 0.2) is 58.6 Å². The molecule has 0 saturated carbocycles. The second-order valence-corrected chi connectivity index (χ2v) is 6.32. The number of halogens is 1. The number of carbonyl (C=O) groups excluding carboxylic acids is 1. The van der Waals surface area contributed by atoms with E-state index in [0.717, 1.165) is 28.6 Å². The molecule has 0 saturated heterocycles. The van der Waals surface area contributed by atoms with Crippen molar-refractivity contribution < 1.29 is 9.53 Å². The van der Waals surface area contributed by atoms with E-state index in [0.29, 0.717) is 12.3 Å². The van der Waals surface area contributed by atoms with E-state index in [1.807, 2.05) is 42.5 Å². The lowest BCUT2D eigenvalue weighted by atomic mass is 10.1. The molecule has 4 nitrogen and oxygen atoms in total. The molecule has 0 fully saturated rings. The molecule has 1 amide bonds. The summed E-state index contributed by atoms with van der Waals surface area (Å²) in [5.41, 5.74) is 1.43. The first-order chi connectivity index (χ1) is 12.1. The van der Waals surface area contributed by atoms with E-state index >= 15 is 0 Å². The molecule has 0 bridgehead atoms. The number of hydrogen-bond acceptors (Lipinski definition) is 3. The average Bonchev–Trinajstić information content (AvgIpc) is 2.61. The molecular formula is C20H19BrN2O2. The Morgan fingerprint density at radius 2 is 2.04 bits per heavy atom. The van der Waals surface area contributed by atoms with Gasteiger partial charge in [-0.1, -0.05) is 47.5 Å². The lowest BCUT2D eigenvalue weighted by Gasteiger charge is -2.06. The minimum atomic E-state index is -0.441. The van der Waals surface area contributed by atoms with E-state index in [1.54, 1.807) is 18.2 Å². The Hall–Kier alpha value is -2.58. The third kappa shape index (κ3) is 6.09. The highest BCUT2D eigenvalue weighted by atomic mass is 79.9. The van der Waals surface area contributed by atoms with Crippen LogP contribution in [0.25, 0.3) is 6.08 Å². The number of hydrogen-bond donors (Lipinski definition) is 1. The van der Waals surface area contributed by atoms with Crippen molar-refractivity contribution in [3.63, 3.8) is 0 Å². The summed E-state index contributed by atoms with van der Waals surface area (Å²) in [6, 6.07) is 16.5. The molecule has 0 radical (unpaired) electrons. The van der Waals surface area contributed by atoms with E-state index < -0.39 is 5.91 Å². The van der Waals surface area contributed by atoms with Gasteiger partial charge in [-0.05, 0) is 48.4 Å². The van der Waals surface area contributed by atoms with Crippen LogP contribution in [0.1, 0.15) is 25.3 Å². The summed E-state index contributed by atoms with van der Waals surface area (Å²) in [7, 11) is 0. The van der Waals surface area contributed by atoms with Crippen molar-refractivity contribution in [2.75, 3.05) is 11.9 Å². The Morgan fingerprint density at radius 3 is 2.68 bits per heavy atom. The molecule has 2 aromatic rings. The fourth-order valence-electron chi connectivity index (χ4n) is 2.07. The van der Waals surface area contributed by atoms with Crippen LogP contribution in [-0.4, -0.2) is 12.5 Å². The fourth-order valence-corrected chi connectivity index (χ4v) is 2.47. The summed E-state index contributed by atoms with van der Waals surface area (Å²) in [6.07, 6.45) is 3.65. The number of anilines is 1. The molecule has 2 aromatic carbocycles. The molecule has 0 aromatic heterocycles. The van der Waals surface area contributed by atoms with E-state index in [-0.39, 0.29) is 5.57 Å². The molecule has 1 N–H and O–H groups in total. The zero-order valence-corrected chi connectivity index (χ0v) is 15.5. The summed E-state index contributed by atoms with van der Waals surface area (Å²) in [4.78, 5) is 12.3. The number of nitrogens with one attached hydrogen (secondary N) is 1.